The molecule has 0 saturated heterocycles. The second-order valence-corrected chi connectivity index (χ2v) is 3.85. The van der Waals surface area contributed by atoms with Crippen molar-refractivity contribution in [2.24, 2.45) is 0 Å². The van der Waals surface area contributed by atoms with Crippen molar-refractivity contribution in [3.63, 3.8) is 0 Å². The fourth-order valence-electron chi connectivity index (χ4n) is 1.71. The summed E-state index contributed by atoms with van der Waals surface area (Å²) in [7, 11) is 4.45. The largest absolute Gasteiger partial charge is 0.493 e. The zero-order valence-corrected chi connectivity index (χ0v) is 12.0. The molecule has 0 spiro atoms. The van der Waals surface area contributed by atoms with Crippen LogP contribution in [0.4, 0.5) is 0 Å². The number of esters is 1. The van der Waals surface area contributed by atoms with E-state index in [2.05, 4.69) is 4.74 Å². The number of methoxy groups -OCH3 is 3. The van der Waals surface area contributed by atoms with Crippen LogP contribution >= 0.6 is 0 Å². The highest BCUT2D eigenvalue weighted by molar-refractivity contribution is 6.34. The average Bonchev–Trinajstić information content (AvgIpc) is 2.46. The summed E-state index contributed by atoms with van der Waals surface area (Å²) < 4.78 is 20.2. The first-order valence-electron chi connectivity index (χ1n) is 6.06. The molecular formula is C14H18O6. The molecule has 0 saturated carbocycles. The molecular weight excluding hydrogens is 264 g/mol. The Balaban J connectivity index is 3.02. The zero-order valence-electron chi connectivity index (χ0n) is 12.0. The summed E-state index contributed by atoms with van der Waals surface area (Å²) in [5, 5.41) is 0. The fraction of sp³-hybridized carbons (Fsp3) is 0.429. The zero-order chi connectivity index (χ0) is 15.1. The van der Waals surface area contributed by atoms with Gasteiger partial charge in [-0.1, -0.05) is 0 Å². The van der Waals surface area contributed by atoms with Gasteiger partial charge in [0.05, 0.1) is 27.9 Å². The van der Waals surface area contributed by atoms with E-state index in [1.54, 1.807) is 19.1 Å². The minimum absolute atomic E-state index is 0.0878. The van der Waals surface area contributed by atoms with Gasteiger partial charge in [-0.3, -0.25) is 4.79 Å². The lowest BCUT2D eigenvalue weighted by Crippen LogP contribution is -2.19. The van der Waals surface area contributed by atoms with Crippen molar-refractivity contribution < 1.29 is 28.5 Å². The van der Waals surface area contributed by atoms with Gasteiger partial charge in [0.25, 0.3) is 0 Å². The highest BCUT2D eigenvalue weighted by atomic mass is 16.5. The van der Waals surface area contributed by atoms with Gasteiger partial charge in [0.1, 0.15) is 0 Å². The van der Waals surface area contributed by atoms with Crippen LogP contribution in [0.2, 0.25) is 0 Å². The van der Waals surface area contributed by atoms with E-state index in [0.717, 1.165) is 0 Å². The maximum atomic E-state index is 11.7. The molecule has 0 aliphatic heterocycles. The van der Waals surface area contributed by atoms with Crippen molar-refractivity contribution in [2.45, 2.75) is 13.3 Å². The molecule has 1 aromatic carbocycles. The average molecular weight is 282 g/mol. The van der Waals surface area contributed by atoms with Gasteiger partial charge < -0.3 is 18.9 Å². The van der Waals surface area contributed by atoms with E-state index in [-0.39, 0.29) is 13.0 Å². The SMILES string of the molecule is CCOC(=O)C(=O)Cc1cc(OC)c(OC)c(OC)c1. The van der Waals surface area contributed by atoms with Crippen molar-refractivity contribution in [2.75, 3.05) is 27.9 Å². The second kappa shape index (κ2) is 7.37. The Morgan fingerprint density at radius 1 is 1.00 bits per heavy atom. The first kappa shape index (κ1) is 15.8. The molecule has 6 nitrogen and oxygen atoms in total. The molecule has 0 aromatic heterocycles. The Labute approximate surface area is 117 Å². The standard InChI is InChI=1S/C14H18O6/c1-5-20-14(16)10(15)6-9-7-11(17-2)13(19-4)12(8-9)18-3/h7-8H,5-6H2,1-4H3. The third-order valence-electron chi connectivity index (χ3n) is 2.59. The van der Waals surface area contributed by atoms with Crippen LogP contribution in [0.1, 0.15) is 12.5 Å². The highest BCUT2D eigenvalue weighted by Gasteiger charge is 2.19. The minimum Gasteiger partial charge on any atom is -0.493 e. The molecule has 0 amide bonds. The number of benzene rings is 1. The molecule has 6 heteroatoms. The topological polar surface area (TPSA) is 71.1 Å². The molecule has 0 bridgehead atoms. The van der Waals surface area contributed by atoms with Gasteiger partial charge in [0, 0.05) is 6.42 Å². The van der Waals surface area contributed by atoms with Crippen molar-refractivity contribution in [1.29, 1.82) is 0 Å². The van der Waals surface area contributed by atoms with Crippen LogP contribution < -0.4 is 14.2 Å². The fourth-order valence-corrected chi connectivity index (χ4v) is 1.71. The quantitative estimate of drug-likeness (QED) is 0.556. The molecule has 0 radical (unpaired) electrons. The monoisotopic (exact) mass is 282 g/mol. The number of hydrogen-bond donors (Lipinski definition) is 0. The van der Waals surface area contributed by atoms with Crippen LogP contribution in [0.5, 0.6) is 17.2 Å². The van der Waals surface area contributed by atoms with Crippen LogP contribution in [0.3, 0.4) is 0 Å². The number of carbonyl (C=O) groups excluding carboxylic acids is 2. The first-order valence-corrected chi connectivity index (χ1v) is 6.06. The molecule has 0 fully saturated rings. The molecule has 110 valence electrons. The van der Waals surface area contributed by atoms with Gasteiger partial charge in [0.15, 0.2) is 11.5 Å². The third-order valence-corrected chi connectivity index (χ3v) is 2.59. The predicted octanol–water partition coefficient (Wildman–Crippen LogP) is 1.39. The molecule has 1 rings (SSSR count). The lowest BCUT2D eigenvalue weighted by atomic mass is 10.1. The first-order chi connectivity index (χ1) is 9.57. The van der Waals surface area contributed by atoms with E-state index < -0.39 is 11.8 Å². The van der Waals surface area contributed by atoms with Crippen LogP contribution in [0.25, 0.3) is 0 Å². The normalized spacial score (nSPS) is 9.80. The Hall–Kier alpha value is -2.24. The number of ether oxygens (including phenoxy) is 4. The summed E-state index contributed by atoms with van der Waals surface area (Å²) in [6.45, 7) is 1.81. The summed E-state index contributed by atoms with van der Waals surface area (Å²) in [5.41, 5.74) is 0.581. The van der Waals surface area contributed by atoms with E-state index >= 15 is 0 Å². The lowest BCUT2D eigenvalue weighted by molar-refractivity contribution is -0.153. The number of Topliss-reactive ketones (excluding diaryl/α,β-unsaturated/α-hetero) is 1. The summed E-state index contributed by atoms with van der Waals surface area (Å²) in [6, 6.07) is 3.25. The molecule has 1 aromatic rings. The number of rotatable bonds is 7. The molecule has 0 atom stereocenters. The molecule has 0 aliphatic rings. The van der Waals surface area contributed by atoms with E-state index in [4.69, 9.17) is 14.2 Å². The van der Waals surface area contributed by atoms with Crippen molar-refractivity contribution >= 4 is 11.8 Å². The molecule has 0 unspecified atom stereocenters. The van der Waals surface area contributed by atoms with Crippen molar-refractivity contribution in [3.05, 3.63) is 17.7 Å². The van der Waals surface area contributed by atoms with E-state index in [0.29, 0.717) is 22.8 Å². The Bertz CT molecular complexity index is 469. The van der Waals surface area contributed by atoms with Gasteiger partial charge in [-0.25, -0.2) is 4.79 Å². The summed E-state index contributed by atoms with van der Waals surface area (Å²) in [4.78, 5) is 23.0. The van der Waals surface area contributed by atoms with E-state index in [1.807, 2.05) is 0 Å². The van der Waals surface area contributed by atoms with Gasteiger partial charge >= 0.3 is 5.97 Å². The number of hydrogen-bond acceptors (Lipinski definition) is 6. The maximum Gasteiger partial charge on any atom is 0.374 e. The Morgan fingerprint density at radius 2 is 1.55 bits per heavy atom. The third kappa shape index (κ3) is 3.63. The van der Waals surface area contributed by atoms with E-state index in [1.165, 1.54) is 21.3 Å². The lowest BCUT2D eigenvalue weighted by Gasteiger charge is -2.13. The molecule has 0 aliphatic carbocycles. The van der Waals surface area contributed by atoms with Crippen LogP contribution in [0, 0.1) is 0 Å². The van der Waals surface area contributed by atoms with Gasteiger partial charge in [0.2, 0.25) is 11.5 Å². The van der Waals surface area contributed by atoms with E-state index in [9.17, 15) is 9.59 Å². The highest BCUT2D eigenvalue weighted by Crippen LogP contribution is 2.38. The number of carbonyl (C=O) groups is 2. The smallest absolute Gasteiger partial charge is 0.374 e. The van der Waals surface area contributed by atoms with Crippen LogP contribution in [-0.2, 0) is 20.7 Å². The van der Waals surface area contributed by atoms with Crippen LogP contribution in [0.15, 0.2) is 12.1 Å². The number of ketones is 1. The molecule has 0 heterocycles. The molecule has 20 heavy (non-hydrogen) atoms. The Kier molecular flexibility index (Phi) is 5.83. The van der Waals surface area contributed by atoms with Gasteiger partial charge in [-0.15, -0.1) is 0 Å². The second-order valence-electron chi connectivity index (χ2n) is 3.85. The summed E-state index contributed by atoms with van der Waals surface area (Å²) in [6.07, 6.45) is -0.0878. The minimum atomic E-state index is -0.846. The van der Waals surface area contributed by atoms with Gasteiger partial charge in [-0.05, 0) is 24.6 Å². The Morgan fingerprint density at radius 3 is 1.95 bits per heavy atom. The summed E-state index contributed by atoms with van der Waals surface area (Å²) in [5.74, 6) is -0.179. The van der Waals surface area contributed by atoms with Crippen molar-refractivity contribution in [3.8, 4) is 17.2 Å². The predicted molar refractivity (Wildman–Crippen MR) is 71.4 cm³/mol. The van der Waals surface area contributed by atoms with Crippen molar-refractivity contribution in [1.82, 2.24) is 0 Å². The molecule has 0 N–H and O–H groups in total. The summed E-state index contributed by atoms with van der Waals surface area (Å²) >= 11 is 0. The van der Waals surface area contributed by atoms with Gasteiger partial charge in [-0.2, -0.15) is 0 Å². The van der Waals surface area contributed by atoms with Crippen LogP contribution in [-0.4, -0.2) is 39.7 Å². The maximum absolute atomic E-state index is 11.7.